The lowest BCUT2D eigenvalue weighted by Crippen LogP contribution is -1.96. The van der Waals surface area contributed by atoms with Crippen LogP contribution in [-0.4, -0.2) is 9.55 Å². The van der Waals surface area contributed by atoms with Crippen molar-refractivity contribution in [2.24, 2.45) is 0 Å². The normalized spacial score (nSPS) is 11.6. The van der Waals surface area contributed by atoms with E-state index in [-0.39, 0.29) is 0 Å². The van der Waals surface area contributed by atoms with E-state index < -0.39 is 0 Å². The number of hydrogen-bond acceptors (Lipinski definition) is 1. The van der Waals surface area contributed by atoms with Gasteiger partial charge in [0.15, 0.2) is 0 Å². The third-order valence-corrected chi connectivity index (χ3v) is 6.56. The van der Waals surface area contributed by atoms with E-state index in [9.17, 15) is 0 Å². The standard InChI is InChI=1S/C31H20N2/c1-3-11-21(12-4-1)30-29-25(23-15-7-9-17-27(23)32-30)19-20-26-24-16-8-10-18-28(24)33(31(26)29)22-13-5-2-6-14-22/h1-20H. The van der Waals surface area contributed by atoms with Crippen molar-refractivity contribution in [1.82, 2.24) is 9.55 Å². The minimum atomic E-state index is 1.02. The molecule has 0 aliphatic rings. The summed E-state index contributed by atoms with van der Waals surface area (Å²) in [7, 11) is 0. The predicted molar refractivity (Wildman–Crippen MR) is 139 cm³/mol. The van der Waals surface area contributed by atoms with Crippen molar-refractivity contribution in [2.45, 2.75) is 0 Å². The molecule has 0 unspecified atom stereocenters. The highest BCUT2D eigenvalue weighted by atomic mass is 15.0. The Kier molecular flexibility index (Phi) is 3.88. The van der Waals surface area contributed by atoms with Gasteiger partial charge in [-0.1, -0.05) is 97.1 Å². The van der Waals surface area contributed by atoms with Gasteiger partial charge in [0.2, 0.25) is 0 Å². The van der Waals surface area contributed by atoms with Crippen LogP contribution in [0.5, 0.6) is 0 Å². The summed E-state index contributed by atoms with van der Waals surface area (Å²) >= 11 is 0. The molecule has 0 saturated carbocycles. The molecule has 0 atom stereocenters. The quantitative estimate of drug-likeness (QED) is 0.258. The molecule has 0 radical (unpaired) electrons. The summed E-state index contributed by atoms with van der Waals surface area (Å²) in [5.74, 6) is 0. The van der Waals surface area contributed by atoms with E-state index in [2.05, 4.69) is 126 Å². The molecule has 2 aromatic heterocycles. The van der Waals surface area contributed by atoms with Crippen LogP contribution in [0.3, 0.4) is 0 Å². The van der Waals surface area contributed by atoms with Gasteiger partial charge in [-0.3, -0.25) is 0 Å². The second-order valence-electron chi connectivity index (χ2n) is 8.42. The summed E-state index contributed by atoms with van der Waals surface area (Å²) in [4.78, 5) is 5.22. The van der Waals surface area contributed by atoms with Crippen molar-refractivity contribution in [2.75, 3.05) is 0 Å². The summed E-state index contributed by atoms with van der Waals surface area (Å²) in [5, 5.41) is 6.10. The van der Waals surface area contributed by atoms with Gasteiger partial charge in [0.25, 0.3) is 0 Å². The predicted octanol–water partition coefficient (Wildman–Crippen LogP) is 8.15. The molecule has 0 bridgehead atoms. The molecule has 2 heterocycles. The maximum atomic E-state index is 5.22. The highest BCUT2D eigenvalue weighted by molar-refractivity contribution is 6.25. The maximum Gasteiger partial charge on any atom is 0.0809 e. The van der Waals surface area contributed by atoms with Gasteiger partial charge in [0, 0.05) is 32.8 Å². The van der Waals surface area contributed by atoms with Crippen LogP contribution in [0.25, 0.3) is 60.4 Å². The van der Waals surface area contributed by atoms with Gasteiger partial charge < -0.3 is 4.57 Å². The average Bonchev–Trinajstić information content (AvgIpc) is 3.24. The first kappa shape index (κ1) is 18.2. The molecule has 2 heteroatoms. The van der Waals surface area contributed by atoms with E-state index in [0.29, 0.717) is 0 Å². The van der Waals surface area contributed by atoms with E-state index in [0.717, 1.165) is 22.5 Å². The summed E-state index contributed by atoms with van der Waals surface area (Å²) in [6, 6.07) is 42.9. The van der Waals surface area contributed by atoms with Gasteiger partial charge in [0.05, 0.1) is 22.2 Å². The molecule has 5 aromatic carbocycles. The molecule has 0 aliphatic carbocycles. The number of pyridine rings is 1. The lowest BCUT2D eigenvalue weighted by atomic mass is 9.97. The van der Waals surface area contributed by atoms with Crippen LogP contribution in [0, 0.1) is 0 Å². The molecule has 0 N–H and O–H groups in total. The first-order valence-corrected chi connectivity index (χ1v) is 11.3. The van der Waals surface area contributed by atoms with Crippen molar-refractivity contribution in [3.63, 3.8) is 0 Å². The van der Waals surface area contributed by atoms with Crippen molar-refractivity contribution in [1.29, 1.82) is 0 Å². The minimum absolute atomic E-state index is 1.02. The topological polar surface area (TPSA) is 17.8 Å². The van der Waals surface area contributed by atoms with Crippen LogP contribution in [0.1, 0.15) is 0 Å². The van der Waals surface area contributed by atoms with Crippen LogP contribution >= 0.6 is 0 Å². The zero-order valence-corrected chi connectivity index (χ0v) is 17.9. The monoisotopic (exact) mass is 420 g/mol. The first-order chi connectivity index (χ1) is 16.4. The Balaban J connectivity index is 1.80. The van der Waals surface area contributed by atoms with Crippen molar-refractivity contribution >= 4 is 43.5 Å². The number of aromatic nitrogens is 2. The highest BCUT2D eigenvalue weighted by Gasteiger charge is 2.19. The van der Waals surface area contributed by atoms with Crippen LogP contribution in [0.2, 0.25) is 0 Å². The Morgan fingerprint density at radius 1 is 0.485 bits per heavy atom. The van der Waals surface area contributed by atoms with Gasteiger partial charge in [-0.15, -0.1) is 0 Å². The maximum absolute atomic E-state index is 5.22. The van der Waals surface area contributed by atoms with E-state index in [1.165, 1.54) is 38.0 Å². The molecule has 0 fully saturated rings. The summed E-state index contributed by atoms with van der Waals surface area (Å²) in [6.45, 7) is 0. The second-order valence-corrected chi connectivity index (χ2v) is 8.42. The van der Waals surface area contributed by atoms with Crippen LogP contribution < -0.4 is 0 Å². The molecule has 7 rings (SSSR count). The third-order valence-electron chi connectivity index (χ3n) is 6.56. The first-order valence-electron chi connectivity index (χ1n) is 11.3. The average molecular weight is 421 g/mol. The number of fused-ring (bicyclic) bond motifs is 7. The SMILES string of the molecule is c1ccc(-c2nc3ccccc3c3ccc4c5ccccc5n(-c5ccccc5)c4c23)cc1. The molecule has 154 valence electrons. The van der Waals surface area contributed by atoms with Crippen molar-refractivity contribution < 1.29 is 0 Å². The Morgan fingerprint density at radius 3 is 1.94 bits per heavy atom. The zero-order valence-electron chi connectivity index (χ0n) is 17.9. The Morgan fingerprint density at radius 2 is 1.12 bits per heavy atom. The van der Waals surface area contributed by atoms with E-state index in [4.69, 9.17) is 4.98 Å². The summed E-state index contributed by atoms with van der Waals surface area (Å²) < 4.78 is 2.40. The third kappa shape index (κ3) is 2.64. The minimum Gasteiger partial charge on any atom is -0.309 e. The number of benzene rings is 5. The molecular formula is C31H20N2. The molecule has 0 spiro atoms. The number of para-hydroxylation sites is 3. The molecule has 0 amide bonds. The fraction of sp³-hybridized carbons (Fsp3) is 0. The van der Waals surface area contributed by atoms with E-state index in [1.54, 1.807) is 0 Å². The lowest BCUT2D eigenvalue weighted by molar-refractivity contribution is 1.19. The van der Waals surface area contributed by atoms with Crippen LogP contribution in [0.15, 0.2) is 121 Å². The lowest BCUT2D eigenvalue weighted by Gasteiger charge is -2.14. The van der Waals surface area contributed by atoms with Crippen LogP contribution in [0.4, 0.5) is 0 Å². The molecule has 7 aromatic rings. The molecule has 0 saturated heterocycles. The van der Waals surface area contributed by atoms with E-state index >= 15 is 0 Å². The van der Waals surface area contributed by atoms with Gasteiger partial charge >= 0.3 is 0 Å². The zero-order chi connectivity index (χ0) is 21.8. The summed E-state index contributed by atoms with van der Waals surface area (Å²) in [5.41, 5.74) is 6.74. The largest absolute Gasteiger partial charge is 0.309 e. The summed E-state index contributed by atoms with van der Waals surface area (Å²) in [6.07, 6.45) is 0. The van der Waals surface area contributed by atoms with E-state index in [1.807, 2.05) is 0 Å². The molecular weight excluding hydrogens is 400 g/mol. The number of nitrogens with zero attached hydrogens (tertiary/aromatic N) is 2. The second kappa shape index (κ2) is 7.04. The number of hydrogen-bond donors (Lipinski definition) is 0. The van der Waals surface area contributed by atoms with Gasteiger partial charge in [-0.25, -0.2) is 4.98 Å². The van der Waals surface area contributed by atoms with Crippen LogP contribution in [-0.2, 0) is 0 Å². The smallest absolute Gasteiger partial charge is 0.0809 e. The highest BCUT2D eigenvalue weighted by Crippen LogP contribution is 2.41. The fourth-order valence-electron chi connectivity index (χ4n) is 5.15. The Hall–Kier alpha value is -4.43. The number of rotatable bonds is 2. The fourth-order valence-corrected chi connectivity index (χ4v) is 5.15. The van der Waals surface area contributed by atoms with Crippen molar-refractivity contribution in [3.05, 3.63) is 121 Å². The molecule has 2 nitrogen and oxygen atoms in total. The molecule has 33 heavy (non-hydrogen) atoms. The van der Waals surface area contributed by atoms with Gasteiger partial charge in [-0.05, 0) is 29.7 Å². The Bertz CT molecular complexity index is 1800. The molecule has 0 aliphatic heterocycles. The van der Waals surface area contributed by atoms with Crippen molar-refractivity contribution in [3.8, 4) is 16.9 Å². The Labute approximate surface area is 191 Å². The van der Waals surface area contributed by atoms with Gasteiger partial charge in [-0.2, -0.15) is 0 Å². The van der Waals surface area contributed by atoms with Gasteiger partial charge in [0.1, 0.15) is 0 Å².